The van der Waals surface area contributed by atoms with Crippen molar-refractivity contribution in [3.63, 3.8) is 0 Å². The van der Waals surface area contributed by atoms with Gasteiger partial charge in [-0.15, -0.1) is 0 Å². The second kappa shape index (κ2) is 11.9. The van der Waals surface area contributed by atoms with Gasteiger partial charge in [-0.1, -0.05) is 12.1 Å². The van der Waals surface area contributed by atoms with Crippen LogP contribution in [0.3, 0.4) is 0 Å². The summed E-state index contributed by atoms with van der Waals surface area (Å²) in [5.74, 6) is -0.169. The van der Waals surface area contributed by atoms with Crippen LogP contribution < -0.4 is 5.32 Å². The Labute approximate surface area is 148 Å². The Balaban J connectivity index is 0.00000134. The average Bonchev–Trinajstić information content (AvgIpc) is 2.90. The third kappa shape index (κ3) is 6.48. The number of rotatable bonds is 5. The number of nitrogens with one attached hydrogen (secondary N) is 1. The molecule has 1 amide bonds. The SMILES string of the molecule is C=O.CO.Cc1nn(Cc2ccc(C(=O)NCCO)cc2)c(C)c1C. The Bertz CT molecular complexity index is 651. The second-order valence-corrected chi connectivity index (χ2v) is 5.13. The number of carbonyl (C=O) groups is 2. The number of nitrogens with zero attached hydrogens (tertiary/aromatic N) is 2. The van der Waals surface area contributed by atoms with Crippen molar-refractivity contribution < 1.29 is 19.8 Å². The van der Waals surface area contributed by atoms with Gasteiger partial charge in [0, 0.05) is 24.9 Å². The van der Waals surface area contributed by atoms with Gasteiger partial charge in [-0.2, -0.15) is 5.10 Å². The zero-order chi connectivity index (χ0) is 19.4. The fourth-order valence-electron chi connectivity index (χ4n) is 2.15. The number of carbonyl (C=O) groups excluding carboxylic acids is 2. The van der Waals surface area contributed by atoms with Crippen LogP contribution in [0.5, 0.6) is 0 Å². The van der Waals surface area contributed by atoms with Crippen LogP contribution in [0.1, 0.15) is 32.9 Å². The number of hydrogen-bond donors (Lipinski definition) is 3. The number of aromatic nitrogens is 2. The number of benzene rings is 1. The topological polar surface area (TPSA) is 104 Å². The molecule has 0 fully saturated rings. The summed E-state index contributed by atoms with van der Waals surface area (Å²) in [6, 6.07) is 7.44. The number of aryl methyl sites for hydroxylation is 1. The molecular weight excluding hydrogens is 322 g/mol. The lowest BCUT2D eigenvalue weighted by Crippen LogP contribution is -2.26. The predicted octanol–water partition coefficient (Wildman–Crippen LogP) is 1.00. The van der Waals surface area contributed by atoms with E-state index in [0.29, 0.717) is 12.1 Å². The lowest BCUT2D eigenvalue weighted by atomic mass is 10.1. The minimum atomic E-state index is -0.169. The van der Waals surface area contributed by atoms with E-state index in [1.54, 1.807) is 12.1 Å². The summed E-state index contributed by atoms with van der Waals surface area (Å²) in [6.07, 6.45) is 0. The average molecular weight is 349 g/mol. The van der Waals surface area contributed by atoms with E-state index >= 15 is 0 Å². The Kier molecular flexibility index (Phi) is 10.7. The fraction of sp³-hybridized carbons (Fsp3) is 0.389. The van der Waals surface area contributed by atoms with Crippen LogP contribution >= 0.6 is 0 Å². The second-order valence-electron chi connectivity index (χ2n) is 5.13. The van der Waals surface area contributed by atoms with Crippen LogP contribution in [0.2, 0.25) is 0 Å². The predicted molar refractivity (Wildman–Crippen MR) is 96.7 cm³/mol. The van der Waals surface area contributed by atoms with Gasteiger partial charge in [0.25, 0.3) is 5.91 Å². The molecule has 7 heteroatoms. The van der Waals surface area contributed by atoms with Crippen molar-refractivity contribution in [2.24, 2.45) is 0 Å². The normalized spacial score (nSPS) is 9.36. The van der Waals surface area contributed by atoms with Gasteiger partial charge in [0.2, 0.25) is 0 Å². The summed E-state index contributed by atoms with van der Waals surface area (Å²) >= 11 is 0. The molecule has 1 aromatic heterocycles. The van der Waals surface area contributed by atoms with Crippen LogP contribution in [0.25, 0.3) is 0 Å². The Hall–Kier alpha value is -2.51. The van der Waals surface area contributed by atoms with Crippen molar-refractivity contribution >= 4 is 12.7 Å². The first-order valence-electron chi connectivity index (χ1n) is 7.75. The Morgan fingerprint density at radius 3 is 2.16 bits per heavy atom. The molecule has 3 N–H and O–H groups in total. The van der Waals surface area contributed by atoms with Gasteiger partial charge in [0.1, 0.15) is 6.79 Å². The van der Waals surface area contributed by atoms with Crippen molar-refractivity contribution in [1.29, 1.82) is 0 Å². The van der Waals surface area contributed by atoms with E-state index in [9.17, 15) is 4.79 Å². The maximum atomic E-state index is 11.7. The molecule has 0 aliphatic heterocycles. The highest BCUT2D eigenvalue weighted by molar-refractivity contribution is 5.94. The summed E-state index contributed by atoms with van der Waals surface area (Å²) in [5.41, 5.74) is 5.12. The van der Waals surface area contributed by atoms with E-state index in [2.05, 4.69) is 24.3 Å². The third-order valence-electron chi connectivity index (χ3n) is 3.69. The minimum Gasteiger partial charge on any atom is -0.400 e. The first-order valence-corrected chi connectivity index (χ1v) is 7.75. The molecule has 0 bridgehead atoms. The van der Waals surface area contributed by atoms with Gasteiger partial charge in [0.15, 0.2) is 0 Å². The van der Waals surface area contributed by atoms with Gasteiger partial charge in [0.05, 0.1) is 18.8 Å². The van der Waals surface area contributed by atoms with Crippen LogP contribution in [-0.4, -0.2) is 53.0 Å². The molecule has 7 nitrogen and oxygen atoms in total. The van der Waals surface area contributed by atoms with Crippen molar-refractivity contribution in [2.45, 2.75) is 27.3 Å². The number of hydrogen-bond acceptors (Lipinski definition) is 5. The highest BCUT2D eigenvalue weighted by Gasteiger charge is 2.08. The minimum absolute atomic E-state index is 0.0545. The standard InChI is InChI=1S/C16H21N3O2.CH4O.CH2O/c1-11-12(2)18-19(13(11)3)10-14-4-6-15(7-5-14)16(21)17-8-9-20;2*1-2/h4-7,20H,8-10H2,1-3H3,(H,17,21);2H,1H3;1H2. The summed E-state index contributed by atoms with van der Waals surface area (Å²) < 4.78 is 1.98. The van der Waals surface area contributed by atoms with E-state index in [0.717, 1.165) is 24.1 Å². The Morgan fingerprint density at radius 2 is 1.72 bits per heavy atom. The molecule has 0 atom stereocenters. The first-order chi connectivity index (χ1) is 12.0. The van der Waals surface area contributed by atoms with Gasteiger partial charge in [-0.25, -0.2) is 0 Å². The lowest BCUT2D eigenvalue weighted by molar-refractivity contribution is -0.0980. The lowest BCUT2D eigenvalue weighted by Gasteiger charge is -2.07. The summed E-state index contributed by atoms with van der Waals surface area (Å²) in [5, 5.41) is 22.8. The molecule has 2 aromatic rings. The maximum absolute atomic E-state index is 11.7. The molecule has 0 unspecified atom stereocenters. The molecule has 0 saturated carbocycles. The van der Waals surface area contributed by atoms with E-state index in [1.807, 2.05) is 30.5 Å². The summed E-state index contributed by atoms with van der Waals surface area (Å²) in [7, 11) is 1.00. The number of aliphatic hydroxyl groups is 2. The number of amides is 1. The number of aliphatic hydroxyl groups excluding tert-OH is 2. The van der Waals surface area contributed by atoms with E-state index < -0.39 is 0 Å². The molecule has 138 valence electrons. The van der Waals surface area contributed by atoms with Gasteiger partial charge in [-0.05, 0) is 44.0 Å². The molecular formula is C18H27N3O4. The summed E-state index contributed by atoms with van der Waals surface area (Å²) in [6.45, 7) is 9.05. The molecule has 0 saturated heterocycles. The first kappa shape index (κ1) is 22.5. The van der Waals surface area contributed by atoms with Gasteiger partial charge in [-0.3, -0.25) is 9.48 Å². The zero-order valence-electron chi connectivity index (χ0n) is 15.2. The van der Waals surface area contributed by atoms with E-state index in [1.165, 1.54) is 5.56 Å². The molecule has 0 aliphatic carbocycles. The van der Waals surface area contributed by atoms with Crippen molar-refractivity contribution in [3.05, 3.63) is 52.3 Å². The highest BCUT2D eigenvalue weighted by Crippen LogP contribution is 2.13. The molecule has 0 radical (unpaired) electrons. The molecule has 0 spiro atoms. The molecule has 25 heavy (non-hydrogen) atoms. The molecule has 2 rings (SSSR count). The van der Waals surface area contributed by atoms with Crippen molar-refractivity contribution in [3.8, 4) is 0 Å². The van der Waals surface area contributed by atoms with Crippen LogP contribution in [0.4, 0.5) is 0 Å². The fourth-order valence-corrected chi connectivity index (χ4v) is 2.15. The summed E-state index contributed by atoms with van der Waals surface area (Å²) in [4.78, 5) is 19.7. The largest absolute Gasteiger partial charge is 0.400 e. The monoisotopic (exact) mass is 349 g/mol. The Morgan fingerprint density at radius 1 is 1.16 bits per heavy atom. The smallest absolute Gasteiger partial charge is 0.251 e. The van der Waals surface area contributed by atoms with Crippen LogP contribution in [0.15, 0.2) is 24.3 Å². The van der Waals surface area contributed by atoms with E-state index in [4.69, 9.17) is 15.0 Å². The van der Waals surface area contributed by atoms with Crippen LogP contribution in [-0.2, 0) is 11.3 Å². The highest BCUT2D eigenvalue weighted by atomic mass is 16.3. The molecule has 0 aliphatic rings. The maximum Gasteiger partial charge on any atom is 0.251 e. The molecule has 1 aromatic carbocycles. The molecule has 1 heterocycles. The van der Waals surface area contributed by atoms with Gasteiger partial charge < -0.3 is 20.3 Å². The van der Waals surface area contributed by atoms with E-state index in [-0.39, 0.29) is 19.1 Å². The quantitative estimate of drug-likeness (QED) is 0.747. The van der Waals surface area contributed by atoms with Crippen molar-refractivity contribution in [1.82, 2.24) is 15.1 Å². The van der Waals surface area contributed by atoms with Gasteiger partial charge >= 0.3 is 0 Å². The van der Waals surface area contributed by atoms with Crippen molar-refractivity contribution in [2.75, 3.05) is 20.3 Å². The zero-order valence-corrected chi connectivity index (χ0v) is 15.2. The van der Waals surface area contributed by atoms with Crippen LogP contribution in [0, 0.1) is 20.8 Å². The third-order valence-corrected chi connectivity index (χ3v) is 3.69.